The van der Waals surface area contributed by atoms with Crippen LogP contribution in [0.2, 0.25) is 0 Å². The number of benzene rings is 1. The molecule has 1 aromatic carbocycles. The van der Waals surface area contributed by atoms with Crippen LogP contribution in [0.5, 0.6) is 5.75 Å². The Balaban J connectivity index is 2.25. The maximum atomic E-state index is 12.2. The average molecular weight is 285 g/mol. The Hall–Kier alpha value is -2.02. The van der Waals surface area contributed by atoms with Gasteiger partial charge in [0.1, 0.15) is 5.75 Å². The van der Waals surface area contributed by atoms with Crippen molar-refractivity contribution < 1.29 is 17.9 Å². The van der Waals surface area contributed by atoms with Crippen LogP contribution in [0.15, 0.2) is 30.5 Å². The number of nitrogens with zero attached hydrogens (tertiary/aromatic N) is 1. The van der Waals surface area contributed by atoms with Gasteiger partial charge in [0.2, 0.25) is 0 Å². The highest BCUT2D eigenvalue weighted by molar-refractivity contribution is 5.64. The summed E-state index contributed by atoms with van der Waals surface area (Å²) in [7, 11) is 0. The molecule has 0 atom stereocenters. The van der Waals surface area contributed by atoms with E-state index in [0.717, 1.165) is 12.1 Å². The van der Waals surface area contributed by atoms with E-state index in [1.165, 1.54) is 18.2 Å². The van der Waals surface area contributed by atoms with Gasteiger partial charge in [-0.1, -0.05) is 19.1 Å². The zero-order valence-electron chi connectivity index (χ0n) is 10.8. The fourth-order valence-corrected chi connectivity index (χ4v) is 1.80. The van der Waals surface area contributed by atoms with Crippen molar-refractivity contribution in [3.63, 3.8) is 0 Å². The molecule has 2 aromatic rings. The molecule has 0 unspecified atom stereocenters. The van der Waals surface area contributed by atoms with E-state index in [0.29, 0.717) is 17.8 Å². The van der Waals surface area contributed by atoms with Gasteiger partial charge in [0.15, 0.2) is 0 Å². The lowest BCUT2D eigenvalue weighted by Crippen LogP contribution is -2.17. The number of hydrogen-bond acceptors (Lipinski definition) is 3. The zero-order chi connectivity index (χ0) is 14.6. The number of nitrogens with one attached hydrogen (secondary N) is 2. The van der Waals surface area contributed by atoms with Crippen molar-refractivity contribution in [1.82, 2.24) is 15.5 Å². The fourth-order valence-electron chi connectivity index (χ4n) is 1.80. The summed E-state index contributed by atoms with van der Waals surface area (Å²) < 4.78 is 40.5. The zero-order valence-corrected chi connectivity index (χ0v) is 10.8. The van der Waals surface area contributed by atoms with Gasteiger partial charge in [0.25, 0.3) is 0 Å². The molecule has 2 rings (SSSR count). The fraction of sp³-hybridized carbons (Fsp3) is 0.308. The van der Waals surface area contributed by atoms with Crippen molar-refractivity contribution in [2.45, 2.75) is 19.8 Å². The molecule has 4 nitrogen and oxygen atoms in total. The van der Waals surface area contributed by atoms with Gasteiger partial charge in [-0.25, -0.2) is 0 Å². The predicted molar refractivity (Wildman–Crippen MR) is 68.1 cm³/mol. The van der Waals surface area contributed by atoms with E-state index in [1.807, 2.05) is 6.92 Å². The predicted octanol–water partition coefficient (Wildman–Crippen LogP) is 3.08. The first kappa shape index (κ1) is 14.4. The number of ether oxygens (including phenoxy) is 1. The van der Waals surface area contributed by atoms with Gasteiger partial charge < -0.3 is 10.1 Å². The number of alkyl halides is 3. The number of halogens is 3. The Morgan fingerprint density at radius 3 is 2.85 bits per heavy atom. The summed E-state index contributed by atoms with van der Waals surface area (Å²) in [6, 6.07) is 5.80. The summed E-state index contributed by atoms with van der Waals surface area (Å²) in [6.07, 6.45) is -3.05. The van der Waals surface area contributed by atoms with Crippen molar-refractivity contribution in [2.24, 2.45) is 0 Å². The largest absolute Gasteiger partial charge is 0.573 e. The van der Waals surface area contributed by atoms with Crippen LogP contribution in [-0.4, -0.2) is 23.1 Å². The van der Waals surface area contributed by atoms with Gasteiger partial charge in [-0.05, 0) is 18.7 Å². The molecule has 108 valence electrons. The van der Waals surface area contributed by atoms with Crippen molar-refractivity contribution >= 4 is 0 Å². The Labute approximate surface area is 114 Å². The second-order valence-electron chi connectivity index (χ2n) is 4.13. The Morgan fingerprint density at radius 1 is 1.35 bits per heavy atom. The molecule has 0 radical (unpaired) electrons. The third-order valence-electron chi connectivity index (χ3n) is 2.64. The van der Waals surface area contributed by atoms with Crippen LogP contribution >= 0.6 is 0 Å². The lowest BCUT2D eigenvalue weighted by atomic mass is 10.1. The highest BCUT2D eigenvalue weighted by Crippen LogP contribution is 2.28. The minimum absolute atomic E-state index is 0.251. The summed E-state index contributed by atoms with van der Waals surface area (Å²) in [5.74, 6) is -0.251. The van der Waals surface area contributed by atoms with Gasteiger partial charge in [-0.15, -0.1) is 13.2 Å². The summed E-state index contributed by atoms with van der Waals surface area (Å²) >= 11 is 0. The lowest BCUT2D eigenvalue weighted by Gasteiger charge is -2.10. The minimum Gasteiger partial charge on any atom is -0.406 e. The lowest BCUT2D eigenvalue weighted by molar-refractivity contribution is -0.274. The standard InChI is InChI=1S/C13H14F3N3O/c1-2-17-7-10-8-18-19-12(10)9-4-3-5-11(6-9)20-13(14,15)16/h3-6,8,17H,2,7H2,1H3,(H,18,19). The maximum Gasteiger partial charge on any atom is 0.573 e. The van der Waals surface area contributed by atoms with E-state index in [4.69, 9.17) is 0 Å². The van der Waals surface area contributed by atoms with Crippen LogP contribution in [0, 0.1) is 0 Å². The van der Waals surface area contributed by atoms with Crippen molar-refractivity contribution in [3.05, 3.63) is 36.0 Å². The summed E-state index contributed by atoms with van der Waals surface area (Å²) in [4.78, 5) is 0. The second kappa shape index (κ2) is 5.96. The third-order valence-corrected chi connectivity index (χ3v) is 2.64. The summed E-state index contributed by atoms with van der Waals surface area (Å²) in [5, 5.41) is 9.86. The highest BCUT2D eigenvalue weighted by atomic mass is 19.4. The van der Waals surface area contributed by atoms with E-state index >= 15 is 0 Å². The van der Waals surface area contributed by atoms with E-state index in [-0.39, 0.29) is 5.75 Å². The first-order valence-corrected chi connectivity index (χ1v) is 6.08. The number of rotatable bonds is 5. The molecular weight excluding hydrogens is 271 g/mol. The highest BCUT2D eigenvalue weighted by Gasteiger charge is 2.31. The normalized spacial score (nSPS) is 11.6. The van der Waals surface area contributed by atoms with Crippen molar-refractivity contribution in [2.75, 3.05) is 6.54 Å². The van der Waals surface area contributed by atoms with Crippen LogP contribution in [-0.2, 0) is 6.54 Å². The van der Waals surface area contributed by atoms with Crippen molar-refractivity contribution in [1.29, 1.82) is 0 Å². The number of H-pyrrole nitrogens is 1. The molecule has 0 fully saturated rings. The van der Waals surface area contributed by atoms with E-state index < -0.39 is 6.36 Å². The minimum atomic E-state index is -4.70. The van der Waals surface area contributed by atoms with E-state index in [9.17, 15) is 13.2 Å². The molecule has 0 amide bonds. The number of aromatic nitrogens is 2. The molecule has 0 spiro atoms. The van der Waals surface area contributed by atoms with E-state index in [2.05, 4.69) is 20.3 Å². The molecule has 1 heterocycles. The summed E-state index contributed by atoms with van der Waals surface area (Å²) in [5.41, 5.74) is 2.16. The van der Waals surface area contributed by atoms with Gasteiger partial charge in [-0.2, -0.15) is 5.10 Å². The van der Waals surface area contributed by atoms with Crippen LogP contribution in [0.3, 0.4) is 0 Å². The quantitative estimate of drug-likeness (QED) is 0.887. The van der Waals surface area contributed by atoms with Gasteiger partial charge >= 0.3 is 6.36 Å². The SMILES string of the molecule is CCNCc1cn[nH]c1-c1cccc(OC(F)(F)F)c1. The molecule has 0 saturated carbocycles. The Bertz CT molecular complexity index is 566. The number of hydrogen-bond donors (Lipinski definition) is 2. The molecule has 0 saturated heterocycles. The van der Waals surface area contributed by atoms with Crippen LogP contribution < -0.4 is 10.1 Å². The van der Waals surface area contributed by atoms with Gasteiger partial charge in [0.05, 0.1) is 11.9 Å². The average Bonchev–Trinajstić information content (AvgIpc) is 2.83. The molecule has 0 aliphatic carbocycles. The molecule has 0 aliphatic rings. The maximum absolute atomic E-state index is 12.2. The van der Waals surface area contributed by atoms with Crippen LogP contribution in [0.4, 0.5) is 13.2 Å². The Morgan fingerprint density at radius 2 is 2.15 bits per heavy atom. The molecular formula is C13H14F3N3O. The monoisotopic (exact) mass is 285 g/mol. The third kappa shape index (κ3) is 3.74. The summed E-state index contributed by atoms with van der Waals surface area (Å²) in [6.45, 7) is 3.35. The molecule has 7 heteroatoms. The topological polar surface area (TPSA) is 49.9 Å². The number of aromatic amines is 1. The smallest absolute Gasteiger partial charge is 0.406 e. The van der Waals surface area contributed by atoms with Gasteiger partial charge in [-0.3, -0.25) is 5.10 Å². The van der Waals surface area contributed by atoms with Crippen LogP contribution in [0.1, 0.15) is 12.5 Å². The second-order valence-corrected chi connectivity index (χ2v) is 4.13. The molecule has 1 aromatic heterocycles. The van der Waals surface area contributed by atoms with Crippen LogP contribution in [0.25, 0.3) is 11.3 Å². The molecule has 0 aliphatic heterocycles. The van der Waals surface area contributed by atoms with E-state index in [1.54, 1.807) is 12.3 Å². The van der Waals surface area contributed by atoms with Crippen molar-refractivity contribution in [3.8, 4) is 17.0 Å². The molecule has 2 N–H and O–H groups in total. The molecule has 0 bridgehead atoms. The van der Waals surface area contributed by atoms with Gasteiger partial charge in [0, 0.05) is 17.7 Å². The molecule has 20 heavy (non-hydrogen) atoms. The Kier molecular flexibility index (Phi) is 4.29. The first-order chi connectivity index (χ1) is 9.49. The first-order valence-electron chi connectivity index (χ1n) is 6.08.